The number of hydrogen-bond acceptors (Lipinski definition) is 9. The van der Waals surface area contributed by atoms with Crippen LogP contribution in [0.4, 0.5) is 4.79 Å². The van der Waals surface area contributed by atoms with Gasteiger partial charge in [0.2, 0.25) is 0 Å². The van der Waals surface area contributed by atoms with E-state index >= 15 is 0 Å². The molecule has 0 aromatic carbocycles. The molecule has 9 heteroatoms. The zero-order valence-corrected chi connectivity index (χ0v) is 18.2. The Morgan fingerprint density at radius 2 is 1.40 bits per heavy atom. The molecule has 0 N–H and O–H groups in total. The van der Waals surface area contributed by atoms with Gasteiger partial charge in [-0.15, -0.1) is 0 Å². The largest absolute Gasteiger partial charge is 0.513 e. The molecule has 0 unspecified atom stereocenters. The summed E-state index contributed by atoms with van der Waals surface area (Å²) in [5.74, 6) is 1.08. The highest BCUT2D eigenvalue weighted by Crippen LogP contribution is 2.26. The fraction of sp³-hybridized carbons (Fsp3) is 0.429. The van der Waals surface area contributed by atoms with E-state index in [-0.39, 0.29) is 19.0 Å². The fourth-order valence-electron chi connectivity index (χ4n) is 2.29. The van der Waals surface area contributed by atoms with E-state index in [0.29, 0.717) is 23.9 Å². The molecule has 0 radical (unpaired) electrons. The molecule has 0 saturated carbocycles. The lowest BCUT2D eigenvalue weighted by Gasteiger charge is -2.08. The average molecular weight is 420 g/mol. The number of aryl methyl sites for hydroxylation is 2. The summed E-state index contributed by atoms with van der Waals surface area (Å²) in [4.78, 5) is 30.5. The van der Waals surface area contributed by atoms with Crippen molar-refractivity contribution in [3.63, 3.8) is 0 Å². The van der Waals surface area contributed by atoms with Crippen LogP contribution in [0.2, 0.25) is 0 Å². The van der Waals surface area contributed by atoms with E-state index in [1.54, 1.807) is 40.1 Å². The molecule has 164 valence electrons. The highest BCUT2D eigenvalue weighted by molar-refractivity contribution is 5.73. The Labute approximate surface area is 176 Å². The second-order valence-electron chi connectivity index (χ2n) is 5.88. The number of carbonyl (C=O) groups excluding carboxylic acids is 2. The van der Waals surface area contributed by atoms with Gasteiger partial charge in [-0.1, -0.05) is 0 Å². The first-order chi connectivity index (χ1) is 14.3. The van der Waals surface area contributed by atoms with Crippen molar-refractivity contribution in [2.24, 2.45) is 0 Å². The van der Waals surface area contributed by atoms with Gasteiger partial charge in [-0.25, -0.2) is 4.79 Å². The maximum Gasteiger partial charge on any atom is 0.513 e. The number of ether oxygens (including phenoxy) is 5. The number of aromatic nitrogens is 2. The van der Waals surface area contributed by atoms with Crippen LogP contribution in [0.25, 0.3) is 0 Å². The molecule has 2 rings (SSSR count). The van der Waals surface area contributed by atoms with Gasteiger partial charge in [-0.2, -0.15) is 0 Å². The second kappa shape index (κ2) is 13.0. The van der Waals surface area contributed by atoms with E-state index in [1.807, 2.05) is 13.0 Å². The molecule has 0 atom stereocenters. The Kier molecular flexibility index (Phi) is 10.7. The Morgan fingerprint density at radius 1 is 0.833 bits per heavy atom. The number of esters is 1. The molecular weight excluding hydrogens is 392 g/mol. The summed E-state index contributed by atoms with van der Waals surface area (Å²) in [7, 11) is 3.03. The van der Waals surface area contributed by atoms with E-state index in [9.17, 15) is 9.59 Å². The lowest BCUT2D eigenvalue weighted by Crippen LogP contribution is -2.11. The highest BCUT2D eigenvalue weighted by atomic mass is 16.7. The topological polar surface area (TPSA) is 106 Å². The van der Waals surface area contributed by atoms with Crippen LogP contribution >= 0.6 is 0 Å². The maximum absolute atomic E-state index is 11.3. The Morgan fingerprint density at radius 3 is 1.97 bits per heavy atom. The van der Waals surface area contributed by atoms with Crippen molar-refractivity contribution < 1.29 is 33.3 Å². The summed E-state index contributed by atoms with van der Waals surface area (Å²) in [6, 6.07) is 3.44. The lowest BCUT2D eigenvalue weighted by atomic mass is 10.1. The molecule has 0 bridgehead atoms. The molecule has 2 heterocycles. The van der Waals surface area contributed by atoms with Crippen molar-refractivity contribution >= 4 is 12.1 Å². The van der Waals surface area contributed by atoms with Crippen LogP contribution in [-0.4, -0.2) is 49.5 Å². The normalized spacial score (nSPS) is 9.67. The number of carbonyl (C=O) groups is 2. The minimum Gasteiger partial charge on any atom is -0.495 e. The molecule has 0 saturated heterocycles. The molecular formula is C21H28N2O7. The van der Waals surface area contributed by atoms with Crippen LogP contribution in [0.3, 0.4) is 0 Å². The second-order valence-corrected chi connectivity index (χ2v) is 5.88. The third kappa shape index (κ3) is 8.34. The molecule has 0 fully saturated rings. The van der Waals surface area contributed by atoms with Gasteiger partial charge in [-0.3, -0.25) is 14.8 Å². The van der Waals surface area contributed by atoms with E-state index in [0.717, 1.165) is 17.0 Å². The number of rotatable bonds is 7. The summed E-state index contributed by atoms with van der Waals surface area (Å²) >= 11 is 0. The first-order valence-corrected chi connectivity index (χ1v) is 9.34. The van der Waals surface area contributed by atoms with Gasteiger partial charge in [0.25, 0.3) is 0 Å². The Bertz CT molecular complexity index is 771. The predicted molar refractivity (Wildman–Crippen MR) is 109 cm³/mol. The fourth-order valence-corrected chi connectivity index (χ4v) is 2.29. The highest BCUT2D eigenvalue weighted by Gasteiger charge is 2.11. The van der Waals surface area contributed by atoms with Crippen LogP contribution in [0.5, 0.6) is 17.2 Å². The quantitative estimate of drug-likeness (QED) is 0.623. The number of pyridine rings is 2. The molecule has 0 aliphatic heterocycles. The number of hydrogen-bond donors (Lipinski definition) is 0. The monoisotopic (exact) mass is 420 g/mol. The van der Waals surface area contributed by atoms with Crippen molar-refractivity contribution in [1.82, 2.24) is 9.97 Å². The van der Waals surface area contributed by atoms with E-state index in [2.05, 4.69) is 14.7 Å². The van der Waals surface area contributed by atoms with E-state index in [1.165, 1.54) is 13.3 Å². The van der Waals surface area contributed by atoms with Gasteiger partial charge in [0.1, 0.15) is 5.75 Å². The molecule has 2 aromatic rings. The van der Waals surface area contributed by atoms with Gasteiger partial charge in [0.05, 0.1) is 46.2 Å². The molecule has 0 amide bonds. The third-order valence-corrected chi connectivity index (χ3v) is 3.59. The van der Waals surface area contributed by atoms with Crippen LogP contribution < -0.4 is 14.2 Å². The van der Waals surface area contributed by atoms with E-state index in [4.69, 9.17) is 18.9 Å². The summed E-state index contributed by atoms with van der Waals surface area (Å²) in [5, 5.41) is 0. The van der Waals surface area contributed by atoms with Gasteiger partial charge in [0.15, 0.2) is 11.5 Å². The van der Waals surface area contributed by atoms with Gasteiger partial charge in [0, 0.05) is 23.0 Å². The van der Waals surface area contributed by atoms with Crippen molar-refractivity contribution in [2.75, 3.05) is 27.4 Å². The summed E-state index contributed by atoms with van der Waals surface area (Å²) < 4.78 is 24.5. The smallest absolute Gasteiger partial charge is 0.495 e. The summed E-state index contributed by atoms with van der Waals surface area (Å²) in [6.07, 6.45) is 2.58. The van der Waals surface area contributed by atoms with Crippen molar-refractivity contribution in [2.45, 2.75) is 34.1 Å². The first-order valence-electron chi connectivity index (χ1n) is 9.34. The molecule has 9 nitrogen and oxygen atoms in total. The van der Waals surface area contributed by atoms with E-state index < -0.39 is 6.16 Å². The molecule has 0 aliphatic carbocycles. The van der Waals surface area contributed by atoms with Crippen LogP contribution in [0.15, 0.2) is 24.5 Å². The predicted octanol–water partition coefficient (Wildman–Crippen LogP) is 3.44. The molecule has 30 heavy (non-hydrogen) atoms. The van der Waals surface area contributed by atoms with Gasteiger partial charge < -0.3 is 23.7 Å². The minimum absolute atomic E-state index is 0.223. The number of nitrogens with zero attached hydrogens (tertiary/aromatic N) is 2. The zero-order valence-electron chi connectivity index (χ0n) is 18.2. The molecule has 2 aromatic heterocycles. The van der Waals surface area contributed by atoms with Crippen molar-refractivity contribution in [1.29, 1.82) is 0 Å². The lowest BCUT2D eigenvalue weighted by molar-refractivity contribution is -0.142. The van der Waals surface area contributed by atoms with Crippen LogP contribution in [0.1, 0.15) is 30.8 Å². The average Bonchev–Trinajstić information content (AvgIpc) is 2.69. The molecule has 0 aliphatic rings. The minimum atomic E-state index is -0.749. The van der Waals surface area contributed by atoms with Crippen LogP contribution in [-0.2, 0) is 20.7 Å². The van der Waals surface area contributed by atoms with Crippen LogP contribution in [0, 0.1) is 13.8 Å². The SMILES string of the molecule is CCOC(=O)Cc1cc(C)ncc1OC.CCOC(=O)Oc1cc(C)ncc1OC. The summed E-state index contributed by atoms with van der Waals surface area (Å²) in [6.45, 7) is 7.81. The van der Waals surface area contributed by atoms with Gasteiger partial charge in [-0.05, 0) is 33.8 Å². The standard InChI is InChI=1S/C11H15NO3.C10H13NO4/c1-4-15-11(13)6-9-5-8(2)12-7-10(9)14-3;1-4-14-10(12)15-8-5-7(2)11-6-9(8)13-3/h5,7H,4,6H2,1-3H3;5-6H,4H2,1-3H3. The first kappa shape index (κ1) is 24.7. The van der Waals surface area contributed by atoms with Crippen molar-refractivity contribution in [3.05, 3.63) is 41.5 Å². The summed E-state index contributed by atoms with van der Waals surface area (Å²) in [5.41, 5.74) is 2.40. The third-order valence-electron chi connectivity index (χ3n) is 3.59. The van der Waals surface area contributed by atoms with Crippen molar-refractivity contribution in [3.8, 4) is 17.2 Å². The Hall–Kier alpha value is -3.36. The maximum atomic E-state index is 11.3. The Balaban J connectivity index is 0.000000300. The zero-order chi connectivity index (χ0) is 22.5. The number of methoxy groups -OCH3 is 2. The van der Waals surface area contributed by atoms with Gasteiger partial charge >= 0.3 is 12.1 Å². The molecule has 0 spiro atoms.